The van der Waals surface area contributed by atoms with Crippen LogP contribution in [0.5, 0.6) is 11.5 Å². The van der Waals surface area contributed by atoms with Crippen LogP contribution in [-0.4, -0.2) is 20.1 Å². The van der Waals surface area contributed by atoms with Crippen LogP contribution in [0.25, 0.3) is 0 Å². The third-order valence-electron chi connectivity index (χ3n) is 4.61. The molecule has 0 saturated carbocycles. The van der Waals surface area contributed by atoms with Crippen LogP contribution in [0.4, 0.5) is 0 Å². The topological polar surface area (TPSA) is 47.6 Å². The van der Waals surface area contributed by atoms with Crippen molar-refractivity contribution in [3.63, 3.8) is 0 Å². The lowest BCUT2D eigenvalue weighted by Crippen LogP contribution is -2.25. The van der Waals surface area contributed by atoms with E-state index in [1.165, 1.54) is 18.1 Å². The summed E-state index contributed by atoms with van der Waals surface area (Å²) in [5, 5.41) is 2.92. The zero-order valence-corrected chi connectivity index (χ0v) is 14.3. The van der Waals surface area contributed by atoms with E-state index in [9.17, 15) is 4.79 Å². The molecule has 2 aliphatic rings. The van der Waals surface area contributed by atoms with Crippen LogP contribution in [0, 0.1) is 5.92 Å². The number of hydrogen-bond acceptors (Lipinski definition) is 3. The molecule has 4 heteroatoms. The number of methoxy groups -OCH3 is 2. The molecule has 0 radical (unpaired) electrons. The summed E-state index contributed by atoms with van der Waals surface area (Å²) in [7, 11) is 3.29. The van der Waals surface area contributed by atoms with E-state index in [0.29, 0.717) is 5.92 Å². The largest absolute Gasteiger partial charge is 0.493 e. The van der Waals surface area contributed by atoms with Gasteiger partial charge in [-0.3, -0.25) is 4.79 Å². The van der Waals surface area contributed by atoms with Gasteiger partial charge in [0.2, 0.25) is 5.91 Å². The van der Waals surface area contributed by atoms with Gasteiger partial charge in [-0.25, -0.2) is 0 Å². The fourth-order valence-corrected chi connectivity index (χ4v) is 3.53. The van der Waals surface area contributed by atoms with Crippen LogP contribution in [-0.2, 0) is 4.79 Å². The van der Waals surface area contributed by atoms with Gasteiger partial charge in [0.25, 0.3) is 0 Å². The van der Waals surface area contributed by atoms with Crippen LogP contribution in [0.3, 0.4) is 0 Å². The highest BCUT2D eigenvalue weighted by atomic mass is 16.5. The average molecular weight is 325 g/mol. The van der Waals surface area contributed by atoms with E-state index in [0.717, 1.165) is 30.0 Å². The van der Waals surface area contributed by atoms with E-state index < -0.39 is 0 Å². The van der Waals surface area contributed by atoms with E-state index in [4.69, 9.17) is 9.47 Å². The number of amides is 1. The Bertz CT molecular complexity index is 730. The molecule has 1 aromatic carbocycles. The molecule has 1 aromatic rings. The van der Waals surface area contributed by atoms with Crippen molar-refractivity contribution in [2.45, 2.75) is 25.7 Å². The summed E-state index contributed by atoms with van der Waals surface area (Å²) in [6, 6.07) is 6.05. The Labute approximate surface area is 142 Å². The minimum atomic E-state index is -0.0533. The van der Waals surface area contributed by atoms with E-state index in [1.54, 1.807) is 14.2 Å². The standard InChI is InChI=1S/C20H23NO3/c1-13(22)21-16-10-14-6-4-5-7-17(14)18(12-16)15-8-9-19(23-2)20(11-15)24-3/h4,6,8-12,17-18H,5,7H2,1-3H3,(H,21,22). The maximum Gasteiger partial charge on any atom is 0.221 e. The molecule has 0 bridgehead atoms. The second-order valence-corrected chi connectivity index (χ2v) is 6.17. The second kappa shape index (κ2) is 6.95. The lowest BCUT2D eigenvalue weighted by molar-refractivity contribution is -0.118. The summed E-state index contributed by atoms with van der Waals surface area (Å²) in [6.07, 6.45) is 10.8. The Kier molecular flexibility index (Phi) is 4.74. The number of nitrogens with one attached hydrogen (secondary N) is 1. The number of hydrogen-bond donors (Lipinski definition) is 1. The summed E-state index contributed by atoms with van der Waals surface area (Å²) in [5.74, 6) is 2.03. The first-order valence-electron chi connectivity index (χ1n) is 8.22. The number of fused-ring (bicyclic) bond motifs is 1. The van der Waals surface area contributed by atoms with Crippen LogP contribution >= 0.6 is 0 Å². The minimum absolute atomic E-state index is 0.0533. The molecule has 0 aromatic heterocycles. The van der Waals surface area contributed by atoms with Crippen LogP contribution in [0.2, 0.25) is 0 Å². The highest BCUT2D eigenvalue weighted by molar-refractivity contribution is 5.76. The molecule has 3 rings (SSSR count). The van der Waals surface area contributed by atoms with E-state index in [1.807, 2.05) is 12.1 Å². The highest BCUT2D eigenvalue weighted by Crippen LogP contribution is 2.43. The van der Waals surface area contributed by atoms with Gasteiger partial charge in [-0.15, -0.1) is 0 Å². The molecule has 0 heterocycles. The Morgan fingerprint density at radius 2 is 2.00 bits per heavy atom. The number of allylic oxidation sites excluding steroid dienone is 5. The van der Waals surface area contributed by atoms with Crippen LogP contribution < -0.4 is 14.8 Å². The first kappa shape index (κ1) is 16.4. The van der Waals surface area contributed by atoms with E-state index in [2.05, 4.69) is 35.7 Å². The van der Waals surface area contributed by atoms with Gasteiger partial charge in [-0.05, 0) is 48.1 Å². The van der Waals surface area contributed by atoms with Gasteiger partial charge < -0.3 is 14.8 Å². The smallest absolute Gasteiger partial charge is 0.221 e. The molecule has 0 aliphatic heterocycles. The van der Waals surface area contributed by atoms with Crippen molar-refractivity contribution in [2.75, 3.05) is 14.2 Å². The normalized spacial score (nSPS) is 22.1. The Morgan fingerprint density at radius 3 is 2.71 bits per heavy atom. The average Bonchev–Trinajstić information content (AvgIpc) is 2.59. The Balaban J connectivity index is 2.01. The molecular formula is C20H23NO3. The fourth-order valence-electron chi connectivity index (χ4n) is 3.53. The monoisotopic (exact) mass is 325 g/mol. The predicted octanol–water partition coefficient (Wildman–Crippen LogP) is 3.71. The molecule has 1 N–H and O–H groups in total. The van der Waals surface area contributed by atoms with Gasteiger partial charge in [0.15, 0.2) is 11.5 Å². The summed E-state index contributed by atoms with van der Waals surface area (Å²) in [6.45, 7) is 1.54. The quantitative estimate of drug-likeness (QED) is 0.918. The molecule has 126 valence electrons. The van der Waals surface area contributed by atoms with Crippen LogP contribution in [0.1, 0.15) is 31.2 Å². The maximum atomic E-state index is 11.5. The second-order valence-electron chi connectivity index (χ2n) is 6.17. The Morgan fingerprint density at radius 1 is 1.21 bits per heavy atom. The maximum absolute atomic E-state index is 11.5. The number of carbonyl (C=O) groups excluding carboxylic acids is 1. The summed E-state index contributed by atoms with van der Waals surface area (Å²) < 4.78 is 10.8. The van der Waals surface area contributed by atoms with Gasteiger partial charge in [-0.1, -0.05) is 24.3 Å². The van der Waals surface area contributed by atoms with Crippen molar-refractivity contribution >= 4 is 5.91 Å². The molecule has 2 aliphatic carbocycles. The van der Waals surface area contributed by atoms with Crippen molar-refractivity contribution in [1.82, 2.24) is 5.32 Å². The van der Waals surface area contributed by atoms with Crippen molar-refractivity contribution in [2.24, 2.45) is 5.92 Å². The molecule has 0 spiro atoms. The molecule has 4 nitrogen and oxygen atoms in total. The predicted molar refractivity (Wildman–Crippen MR) is 94.1 cm³/mol. The summed E-state index contributed by atoms with van der Waals surface area (Å²) in [5.41, 5.74) is 3.30. The van der Waals surface area contributed by atoms with Gasteiger partial charge in [0.05, 0.1) is 14.2 Å². The zero-order valence-electron chi connectivity index (χ0n) is 14.3. The van der Waals surface area contributed by atoms with E-state index >= 15 is 0 Å². The Hall–Kier alpha value is -2.49. The van der Waals surface area contributed by atoms with Crippen molar-refractivity contribution in [1.29, 1.82) is 0 Å². The van der Waals surface area contributed by atoms with Gasteiger partial charge in [0.1, 0.15) is 0 Å². The molecule has 2 atom stereocenters. The minimum Gasteiger partial charge on any atom is -0.493 e. The zero-order chi connectivity index (χ0) is 17.1. The third-order valence-corrected chi connectivity index (χ3v) is 4.61. The summed E-state index contributed by atoms with van der Waals surface area (Å²) in [4.78, 5) is 11.5. The fraction of sp³-hybridized carbons (Fsp3) is 0.350. The van der Waals surface area contributed by atoms with Crippen molar-refractivity contribution in [3.8, 4) is 11.5 Å². The first-order chi connectivity index (χ1) is 11.6. The third kappa shape index (κ3) is 3.23. The van der Waals surface area contributed by atoms with E-state index in [-0.39, 0.29) is 11.8 Å². The van der Waals surface area contributed by atoms with Gasteiger partial charge >= 0.3 is 0 Å². The molecular weight excluding hydrogens is 302 g/mol. The first-order valence-corrected chi connectivity index (χ1v) is 8.22. The lowest BCUT2D eigenvalue weighted by Gasteiger charge is -2.33. The molecule has 2 unspecified atom stereocenters. The highest BCUT2D eigenvalue weighted by Gasteiger charge is 2.29. The number of benzene rings is 1. The van der Waals surface area contributed by atoms with Crippen molar-refractivity contribution < 1.29 is 14.3 Å². The van der Waals surface area contributed by atoms with Gasteiger partial charge in [0, 0.05) is 18.5 Å². The molecule has 1 amide bonds. The number of carbonyl (C=O) groups is 1. The SMILES string of the molecule is COc1ccc(C2C=C(NC(C)=O)C=C3C=CCCC32)cc1OC. The number of rotatable bonds is 4. The number of ether oxygens (including phenoxy) is 2. The van der Waals surface area contributed by atoms with Crippen molar-refractivity contribution in [3.05, 3.63) is 59.3 Å². The molecule has 24 heavy (non-hydrogen) atoms. The molecule has 0 fully saturated rings. The lowest BCUT2D eigenvalue weighted by atomic mass is 9.73. The van der Waals surface area contributed by atoms with Gasteiger partial charge in [-0.2, -0.15) is 0 Å². The van der Waals surface area contributed by atoms with Crippen LogP contribution in [0.15, 0.2) is 53.8 Å². The summed E-state index contributed by atoms with van der Waals surface area (Å²) >= 11 is 0. The molecule has 0 saturated heterocycles.